The van der Waals surface area contributed by atoms with Crippen molar-refractivity contribution in [1.29, 1.82) is 0 Å². The summed E-state index contributed by atoms with van der Waals surface area (Å²) >= 11 is 0. The van der Waals surface area contributed by atoms with Crippen molar-refractivity contribution in [2.45, 2.75) is 32.7 Å². The largest absolute Gasteiger partial charge is 0.436 e. The predicted molar refractivity (Wildman–Crippen MR) is 48.8 cm³/mol. The maximum atomic E-state index is 5.57. The lowest BCUT2D eigenvalue weighted by molar-refractivity contribution is 0.449. The molecule has 0 aromatic rings. The quantitative estimate of drug-likeness (QED) is 0.629. The molecule has 0 aliphatic heterocycles. The first-order chi connectivity index (χ1) is 4.52. The summed E-state index contributed by atoms with van der Waals surface area (Å²) in [5.74, 6) is 0. The minimum absolute atomic E-state index is 0.542. The van der Waals surface area contributed by atoms with E-state index in [1.54, 1.807) is 0 Å². The maximum Gasteiger partial charge on any atom is 0.359 e. The molecule has 0 aromatic heterocycles. The Morgan fingerprint density at radius 2 is 1.00 bits per heavy atom. The number of rotatable bonds is 4. The summed E-state index contributed by atoms with van der Waals surface area (Å²) in [6, 6.07) is 0. The van der Waals surface area contributed by atoms with Crippen molar-refractivity contribution in [3.05, 3.63) is 0 Å². The fraction of sp³-hybridized carbons (Fsp3) is 1.00. The van der Waals surface area contributed by atoms with Crippen LogP contribution in [-0.2, 0) is 8.23 Å². The molecule has 0 aromatic carbocycles. The molecule has 0 saturated heterocycles. The van der Waals surface area contributed by atoms with Gasteiger partial charge < -0.3 is 8.23 Å². The van der Waals surface area contributed by atoms with E-state index in [-0.39, 0.29) is 0 Å². The molecule has 10 heavy (non-hydrogen) atoms. The minimum atomic E-state index is -0.898. The smallest absolute Gasteiger partial charge is 0.359 e. The van der Waals surface area contributed by atoms with Crippen molar-refractivity contribution >= 4 is 27.4 Å². The Balaban J connectivity index is 3.34. The fourth-order valence-electron chi connectivity index (χ4n) is 0.596. The van der Waals surface area contributed by atoms with Crippen molar-refractivity contribution in [2.75, 3.05) is 0 Å². The molecule has 0 fully saturated rings. The van der Waals surface area contributed by atoms with E-state index in [1.807, 2.05) is 0 Å². The van der Waals surface area contributed by atoms with E-state index < -0.39 is 27.4 Å². The first kappa shape index (κ1) is 10.6. The Morgan fingerprint density at radius 3 is 1.20 bits per heavy atom. The lowest BCUT2D eigenvalue weighted by Crippen LogP contribution is -2.29. The van der Waals surface area contributed by atoms with Gasteiger partial charge in [-0.3, -0.25) is 0 Å². The highest BCUT2D eigenvalue weighted by Gasteiger charge is 2.12. The third-order valence-corrected chi connectivity index (χ3v) is 6.26. The van der Waals surface area contributed by atoms with Gasteiger partial charge in [0.15, 0.2) is 18.1 Å². The summed E-state index contributed by atoms with van der Waals surface area (Å²) < 4.78 is 11.1. The van der Waals surface area contributed by atoms with Gasteiger partial charge in [0.2, 0.25) is 0 Å². The van der Waals surface area contributed by atoms with Gasteiger partial charge >= 0.3 is 9.28 Å². The minimum Gasteiger partial charge on any atom is -0.436 e. The molecule has 0 saturated carbocycles. The topological polar surface area (TPSA) is 18.5 Å². The van der Waals surface area contributed by atoms with Crippen molar-refractivity contribution in [3.63, 3.8) is 0 Å². The first-order valence-electron chi connectivity index (χ1n) is 3.32. The molecule has 2 nitrogen and oxygen atoms in total. The summed E-state index contributed by atoms with van der Waals surface area (Å²) in [5, 5.41) is 0. The maximum absolute atomic E-state index is 5.57. The summed E-state index contributed by atoms with van der Waals surface area (Å²) in [6.45, 7) is 10.6. The van der Waals surface area contributed by atoms with Gasteiger partial charge in [-0.05, 0) is 32.7 Å². The van der Waals surface area contributed by atoms with Crippen LogP contribution in [0.3, 0.4) is 0 Å². The van der Waals surface area contributed by atoms with Crippen LogP contribution in [0.4, 0.5) is 0 Å². The molecule has 0 spiro atoms. The molecular formula is C5H15O2Si3. The summed E-state index contributed by atoms with van der Waals surface area (Å²) in [4.78, 5) is 0. The van der Waals surface area contributed by atoms with Gasteiger partial charge in [0.1, 0.15) is 0 Å². The summed E-state index contributed by atoms with van der Waals surface area (Å²) in [6.07, 6.45) is 0. The molecule has 0 amide bonds. The van der Waals surface area contributed by atoms with Crippen LogP contribution >= 0.6 is 0 Å². The average Bonchev–Trinajstić information content (AvgIpc) is 1.58. The standard InChI is InChI=1S/C5H15O2Si3/c1-8(2)6-10(5)7-9(3)4/h1-5H3. The molecule has 0 atom stereocenters. The zero-order chi connectivity index (χ0) is 8.15. The van der Waals surface area contributed by atoms with E-state index in [0.717, 1.165) is 0 Å². The van der Waals surface area contributed by atoms with E-state index in [9.17, 15) is 0 Å². The zero-order valence-corrected chi connectivity index (χ0v) is 10.3. The molecule has 0 heterocycles. The van der Waals surface area contributed by atoms with Crippen molar-refractivity contribution in [1.82, 2.24) is 0 Å². The van der Waals surface area contributed by atoms with Gasteiger partial charge in [0, 0.05) is 0 Å². The van der Waals surface area contributed by atoms with E-state index in [2.05, 4.69) is 32.7 Å². The molecule has 0 aliphatic carbocycles. The third kappa shape index (κ3) is 6.69. The fourth-order valence-corrected chi connectivity index (χ4v) is 5.74. The highest BCUT2D eigenvalue weighted by atomic mass is 28.4. The Kier molecular flexibility index (Phi) is 5.55. The zero-order valence-electron chi connectivity index (χ0n) is 7.32. The van der Waals surface area contributed by atoms with Crippen LogP contribution in [0, 0.1) is 0 Å². The molecular weight excluding hydrogens is 176 g/mol. The monoisotopic (exact) mass is 191 g/mol. The van der Waals surface area contributed by atoms with Crippen LogP contribution in [0.2, 0.25) is 32.7 Å². The van der Waals surface area contributed by atoms with Crippen molar-refractivity contribution in [2.24, 2.45) is 0 Å². The van der Waals surface area contributed by atoms with Gasteiger partial charge in [-0.1, -0.05) is 0 Å². The van der Waals surface area contributed by atoms with Crippen LogP contribution < -0.4 is 0 Å². The van der Waals surface area contributed by atoms with Gasteiger partial charge in [0.25, 0.3) is 0 Å². The van der Waals surface area contributed by atoms with Crippen molar-refractivity contribution < 1.29 is 8.23 Å². The van der Waals surface area contributed by atoms with Crippen LogP contribution in [0.15, 0.2) is 0 Å². The molecule has 0 N–H and O–H groups in total. The van der Waals surface area contributed by atoms with Crippen molar-refractivity contribution in [3.8, 4) is 0 Å². The van der Waals surface area contributed by atoms with Gasteiger partial charge in [0.05, 0.1) is 0 Å². The molecule has 3 radical (unpaired) electrons. The SMILES string of the molecule is C[Si](C)O[Si](C)O[Si](C)C. The predicted octanol–water partition coefficient (Wildman–Crippen LogP) is 1.64. The highest BCUT2D eigenvalue weighted by molar-refractivity contribution is 6.66. The van der Waals surface area contributed by atoms with Gasteiger partial charge in [-0.2, -0.15) is 0 Å². The number of hydrogen-bond acceptors (Lipinski definition) is 2. The molecule has 0 unspecified atom stereocenters. The Hall–Kier alpha value is 0.571. The van der Waals surface area contributed by atoms with Crippen LogP contribution in [0.25, 0.3) is 0 Å². The Labute approximate surface area is 68.9 Å². The second-order valence-electron chi connectivity index (χ2n) is 2.51. The Morgan fingerprint density at radius 1 is 0.700 bits per heavy atom. The highest BCUT2D eigenvalue weighted by Crippen LogP contribution is 1.95. The summed E-state index contributed by atoms with van der Waals surface area (Å²) in [5.41, 5.74) is 0. The third-order valence-electron chi connectivity index (χ3n) is 0.696. The lowest BCUT2D eigenvalue weighted by atomic mass is 11.9. The first-order valence-corrected chi connectivity index (χ1v) is 9.95. The normalized spacial score (nSPS) is 12.0. The Bertz CT molecular complexity index is 77.0. The van der Waals surface area contributed by atoms with Crippen LogP contribution in [0.5, 0.6) is 0 Å². The molecule has 59 valence electrons. The van der Waals surface area contributed by atoms with Crippen LogP contribution in [0.1, 0.15) is 0 Å². The molecule has 5 heteroatoms. The summed E-state index contributed by atoms with van der Waals surface area (Å²) in [7, 11) is -1.98. The second kappa shape index (κ2) is 5.25. The van der Waals surface area contributed by atoms with Crippen LogP contribution in [-0.4, -0.2) is 27.4 Å². The van der Waals surface area contributed by atoms with Gasteiger partial charge in [-0.25, -0.2) is 0 Å². The van der Waals surface area contributed by atoms with E-state index >= 15 is 0 Å². The molecule has 0 aliphatic rings. The molecule has 0 rings (SSSR count). The van der Waals surface area contributed by atoms with E-state index in [4.69, 9.17) is 8.23 Å². The van der Waals surface area contributed by atoms with E-state index in [0.29, 0.717) is 0 Å². The average molecular weight is 191 g/mol. The second-order valence-corrected chi connectivity index (χ2v) is 8.76. The van der Waals surface area contributed by atoms with Gasteiger partial charge in [-0.15, -0.1) is 0 Å². The molecule has 0 bridgehead atoms. The lowest BCUT2D eigenvalue weighted by Gasteiger charge is -2.14. The number of hydrogen-bond donors (Lipinski definition) is 0. The van der Waals surface area contributed by atoms with E-state index in [1.165, 1.54) is 0 Å².